The van der Waals surface area contributed by atoms with Gasteiger partial charge in [0.05, 0.1) is 5.69 Å². The molecule has 0 aliphatic rings. The van der Waals surface area contributed by atoms with Crippen molar-refractivity contribution in [3.05, 3.63) is 24.3 Å². The maximum absolute atomic E-state index is 9.18. The Morgan fingerprint density at radius 1 is 1.36 bits per heavy atom. The number of phenols is 1. The van der Waals surface area contributed by atoms with Crippen LogP contribution in [0.5, 0.6) is 5.75 Å². The largest absolute Gasteiger partial charge is 0.506 e. The molecule has 11 heavy (non-hydrogen) atoms. The van der Waals surface area contributed by atoms with Crippen molar-refractivity contribution in [3.8, 4) is 5.75 Å². The smallest absolute Gasteiger partial charge is 0.138 e. The van der Waals surface area contributed by atoms with Crippen molar-refractivity contribution >= 4 is 18.1 Å². The van der Waals surface area contributed by atoms with Gasteiger partial charge in [-0.15, -0.1) is 12.4 Å². The Bertz CT molecular complexity index is 215. The van der Waals surface area contributed by atoms with Gasteiger partial charge in [0.1, 0.15) is 5.75 Å². The van der Waals surface area contributed by atoms with E-state index in [0.29, 0.717) is 5.75 Å². The fourth-order valence-electron chi connectivity index (χ4n) is 0.814. The van der Waals surface area contributed by atoms with E-state index in [-0.39, 0.29) is 12.4 Å². The summed E-state index contributed by atoms with van der Waals surface area (Å²) >= 11 is 0. The Morgan fingerprint density at radius 2 is 2.00 bits per heavy atom. The Labute approximate surface area is 72.7 Å². The van der Waals surface area contributed by atoms with Gasteiger partial charge in [-0.3, -0.25) is 0 Å². The summed E-state index contributed by atoms with van der Waals surface area (Å²) in [7, 11) is 0. The fourth-order valence-corrected chi connectivity index (χ4v) is 0.814. The molecule has 0 saturated heterocycles. The van der Waals surface area contributed by atoms with Crippen molar-refractivity contribution in [1.82, 2.24) is 0 Å². The Balaban J connectivity index is 0.000001000. The molecule has 0 aliphatic heterocycles. The van der Waals surface area contributed by atoms with E-state index < -0.39 is 0 Å². The van der Waals surface area contributed by atoms with Gasteiger partial charge >= 0.3 is 0 Å². The minimum absolute atomic E-state index is 0. The first-order valence-electron chi connectivity index (χ1n) is 3.36. The highest BCUT2D eigenvalue weighted by atomic mass is 35.5. The summed E-state index contributed by atoms with van der Waals surface area (Å²) in [6.45, 7) is 2.82. The standard InChI is InChI=1S/C8H11NO.ClH/c1-2-9-7-5-3-4-6-8(7)10;/h3-6,9-10H,2H2,1H3;1H. The number of hydrogen-bond donors (Lipinski definition) is 2. The molecule has 62 valence electrons. The van der Waals surface area contributed by atoms with Crippen molar-refractivity contribution in [2.24, 2.45) is 0 Å². The zero-order valence-corrected chi connectivity index (χ0v) is 7.19. The van der Waals surface area contributed by atoms with Crippen molar-refractivity contribution in [1.29, 1.82) is 0 Å². The average Bonchev–Trinajstić information content (AvgIpc) is 1.94. The van der Waals surface area contributed by atoms with Gasteiger partial charge in [-0.2, -0.15) is 0 Å². The van der Waals surface area contributed by atoms with Crippen molar-refractivity contribution < 1.29 is 5.11 Å². The van der Waals surface area contributed by atoms with Crippen molar-refractivity contribution in [3.63, 3.8) is 0 Å². The number of aromatic hydroxyl groups is 1. The van der Waals surface area contributed by atoms with E-state index in [0.717, 1.165) is 12.2 Å². The number of rotatable bonds is 2. The molecule has 0 bridgehead atoms. The van der Waals surface area contributed by atoms with E-state index in [2.05, 4.69) is 5.32 Å². The molecular formula is C8H12ClNO. The average molecular weight is 174 g/mol. The third-order valence-corrected chi connectivity index (χ3v) is 1.27. The molecule has 0 amide bonds. The second kappa shape index (κ2) is 4.85. The second-order valence-electron chi connectivity index (χ2n) is 2.05. The van der Waals surface area contributed by atoms with Crippen molar-refractivity contribution in [2.45, 2.75) is 6.92 Å². The minimum Gasteiger partial charge on any atom is -0.506 e. The maximum atomic E-state index is 9.18. The maximum Gasteiger partial charge on any atom is 0.138 e. The molecule has 0 aromatic heterocycles. The van der Waals surface area contributed by atoms with Crippen LogP contribution in [0, 0.1) is 0 Å². The molecule has 0 radical (unpaired) electrons. The topological polar surface area (TPSA) is 32.3 Å². The molecule has 0 aliphatic carbocycles. The van der Waals surface area contributed by atoms with Crippen LogP contribution in [0.25, 0.3) is 0 Å². The lowest BCUT2D eigenvalue weighted by Crippen LogP contribution is -1.95. The van der Waals surface area contributed by atoms with E-state index in [1.54, 1.807) is 12.1 Å². The van der Waals surface area contributed by atoms with E-state index in [9.17, 15) is 5.11 Å². The molecule has 0 unspecified atom stereocenters. The number of anilines is 1. The molecule has 0 spiro atoms. The first kappa shape index (κ1) is 10.1. The summed E-state index contributed by atoms with van der Waals surface area (Å²) in [5.41, 5.74) is 0.796. The summed E-state index contributed by atoms with van der Waals surface area (Å²) in [5, 5.41) is 12.2. The second-order valence-corrected chi connectivity index (χ2v) is 2.05. The van der Waals surface area contributed by atoms with Gasteiger partial charge < -0.3 is 10.4 Å². The zero-order valence-electron chi connectivity index (χ0n) is 6.37. The van der Waals surface area contributed by atoms with Crippen LogP contribution in [0.1, 0.15) is 6.92 Å². The van der Waals surface area contributed by atoms with Gasteiger partial charge in [0.2, 0.25) is 0 Å². The number of benzene rings is 1. The number of para-hydroxylation sites is 2. The lowest BCUT2D eigenvalue weighted by Gasteiger charge is -2.03. The monoisotopic (exact) mass is 173 g/mol. The molecule has 2 N–H and O–H groups in total. The highest BCUT2D eigenvalue weighted by Gasteiger charge is 1.93. The predicted octanol–water partition coefficient (Wildman–Crippen LogP) is 2.25. The lowest BCUT2D eigenvalue weighted by atomic mass is 10.3. The summed E-state index contributed by atoms with van der Waals surface area (Å²) < 4.78 is 0. The summed E-state index contributed by atoms with van der Waals surface area (Å²) in [4.78, 5) is 0. The molecule has 0 fully saturated rings. The summed E-state index contributed by atoms with van der Waals surface area (Å²) in [5.74, 6) is 0.310. The number of hydrogen-bond acceptors (Lipinski definition) is 2. The van der Waals surface area contributed by atoms with Gasteiger partial charge in [-0.05, 0) is 19.1 Å². The third kappa shape index (κ3) is 2.68. The van der Waals surface area contributed by atoms with Crippen LogP contribution < -0.4 is 5.32 Å². The minimum atomic E-state index is 0. The van der Waals surface area contributed by atoms with Gasteiger partial charge in [-0.25, -0.2) is 0 Å². The quantitative estimate of drug-likeness (QED) is 0.673. The van der Waals surface area contributed by atoms with Gasteiger partial charge in [-0.1, -0.05) is 12.1 Å². The van der Waals surface area contributed by atoms with E-state index in [1.165, 1.54) is 0 Å². The molecule has 1 rings (SSSR count). The first-order valence-corrected chi connectivity index (χ1v) is 3.36. The fraction of sp³-hybridized carbons (Fsp3) is 0.250. The van der Waals surface area contributed by atoms with Crippen LogP contribution in [-0.4, -0.2) is 11.7 Å². The number of phenolic OH excluding ortho intramolecular Hbond substituents is 1. The van der Waals surface area contributed by atoms with Crippen LogP contribution in [0.15, 0.2) is 24.3 Å². The van der Waals surface area contributed by atoms with Crippen LogP contribution in [0.2, 0.25) is 0 Å². The number of halogens is 1. The highest BCUT2D eigenvalue weighted by Crippen LogP contribution is 2.20. The van der Waals surface area contributed by atoms with Crippen molar-refractivity contribution in [2.75, 3.05) is 11.9 Å². The summed E-state index contributed by atoms with van der Waals surface area (Å²) in [6.07, 6.45) is 0. The van der Waals surface area contributed by atoms with Gasteiger partial charge in [0.25, 0.3) is 0 Å². The molecule has 1 aromatic carbocycles. The van der Waals surface area contributed by atoms with E-state index in [4.69, 9.17) is 0 Å². The van der Waals surface area contributed by atoms with Crippen LogP contribution in [0.3, 0.4) is 0 Å². The molecular weight excluding hydrogens is 162 g/mol. The third-order valence-electron chi connectivity index (χ3n) is 1.27. The van der Waals surface area contributed by atoms with E-state index in [1.807, 2.05) is 19.1 Å². The Kier molecular flexibility index (Phi) is 4.46. The molecule has 0 atom stereocenters. The van der Waals surface area contributed by atoms with Gasteiger partial charge in [0.15, 0.2) is 0 Å². The molecule has 1 aromatic rings. The Hall–Kier alpha value is -0.890. The van der Waals surface area contributed by atoms with Crippen LogP contribution >= 0.6 is 12.4 Å². The van der Waals surface area contributed by atoms with Gasteiger partial charge in [0, 0.05) is 6.54 Å². The predicted molar refractivity (Wildman–Crippen MR) is 49.5 cm³/mol. The molecule has 0 heterocycles. The summed E-state index contributed by atoms with van der Waals surface area (Å²) in [6, 6.07) is 7.20. The molecule has 3 heteroatoms. The molecule has 2 nitrogen and oxygen atoms in total. The highest BCUT2D eigenvalue weighted by molar-refractivity contribution is 5.85. The number of nitrogens with one attached hydrogen (secondary N) is 1. The SMILES string of the molecule is CCNc1ccccc1O.Cl. The Morgan fingerprint density at radius 3 is 2.55 bits per heavy atom. The zero-order chi connectivity index (χ0) is 7.40. The molecule has 0 saturated carbocycles. The van der Waals surface area contributed by atoms with Crippen LogP contribution in [-0.2, 0) is 0 Å². The lowest BCUT2D eigenvalue weighted by molar-refractivity contribution is 0.477. The normalized spacial score (nSPS) is 8.45. The van der Waals surface area contributed by atoms with Crippen LogP contribution in [0.4, 0.5) is 5.69 Å². The van der Waals surface area contributed by atoms with E-state index >= 15 is 0 Å². The first-order chi connectivity index (χ1) is 4.84.